The fraction of sp³-hybridized carbons (Fsp3) is 0.100. The average molecular weight is 1110 g/mol. The second-order valence-corrected chi connectivity index (χ2v) is 23.6. The lowest BCUT2D eigenvalue weighted by Gasteiger charge is -2.46. The van der Waals surface area contributed by atoms with Gasteiger partial charge in [0.15, 0.2) is 0 Å². The van der Waals surface area contributed by atoms with Crippen LogP contribution in [0.15, 0.2) is 272 Å². The van der Waals surface area contributed by atoms with Crippen molar-refractivity contribution in [3.05, 3.63) is 284 Å². The highest BCUT2D eigenvalue weighted by atomic mass is 15.2. The van der Waals surface area contributed by atoms with E-state index in [1.807, 2.05) is 147 Å². The fourth-order valence-electron chi connectivity index (χ4n) is 12.5. The Hall–Kier alpha value is -10.1. The van der Waals surface area contributed by atoms with Gasteiger partial charge in [-0.05, 0) is 134 Å². The van der Waals surface area contributed by atoms with Crippen LogP contribution in [0, 0.1) is 0 Å². The third kappa shape index (κ3) is 7.97. The van der Waals surface area contributed by atoms with Crippen LogP contribution in [0.5, 0.6) is 0 Å². The smallest absolute Gasteiger partial charge is 0.252 e. The molecule has 0 saturated carbocycles. The largest absolute Gasteiger partial charge is 0.311 e. The van der Waals surface area contributed by atoms with Crippen LogP contribution in [-0.2, 0) is 10.8 Å². The van der Waals surface area contributed by atoms with Gasteiger partial charge in [-0.25, -0.2) is 0 Å². The standard InChI is InChI=1S/C80H63BN4/c1-79(2,3)55-46-64(53-28-12-8-13-29-53)78(65(47-55)54-30-14-9-15-31-54)85-74-51-58(83-71-40-24-19-35-62(71)63-36-20-25-41-72(63)83)43-45-67(74)81-66-44-42-57(82-69-38-22-17-33-60(69)61-34-18-23-39-70(61)82)50-73(66)84(75-48-56(80(4,5)6)49-76(85)77(75)81)68-37-21-16-32-59(68)52-26-10-7-11-27-52/h7-51H,1-6H3/i17D,18D,19D,20D,22D,23D,24D,25D,33D,34D,35D,36D,38D,39D,40D,41D,42D,43D,44D,45D,50D,51D. The average Bonchev–Trinajstić information content (AvgIpc) is 1.47. The minimum atomic E-state index is -1.57. The molecular formula is C80H63BN4. The normalized spacial score (nSPS) is 16.6. The summed E-state index contributed by atoms with van der Waals surface area (Å²) >= 11 is 0. The number of fused-ring (bicyclic) bond motifs is 10. The highest BCUT2D eigenvalue weighted by Crippen LogP contribution is 2.53. The molecule has 5 heteroatoms. The maximum atomic E-state index is 11.5. The Morgan fingerprint density at radius 2 is 0.706 bits per heavy atom. The first-order valence-electron chi connectivity index (χ1n) is 39.2. The summed E-state index contributed by atoms with van der Waals surface area (Å²) in [6.45, 7) is 10.7. The van der Waals surface area contributed by atoms with Gasteiger partial charge in [-0.15, -0.1) is 0 Å². The topological polar surface area (TPSA) is 16.3 Å². The van der Waals surface area contributed by atoms with Gasteiger partial charge in [0.05, 0.1) is 63.6 Å². The van der Waals surface area contributed by atoms with E-state index in [4.69, 9.17) is 8.22 Å². The van der Waals surface area contributed by atoms with Crippen molar-refractivity contribution in [2.45, 2.75) is 52.4 Å². The molecule has 2 aliphatic rings. The zero-order chi connectivity index (χ0) is 76.4. The first kappa shape index (κ1) is 32.7. The third-order valence-corrected chi connectivity index (χ3v) is 16.5. The second kappa shape index (κ2) is 19.2. The number of rotatable bonds is 7. The van der Waals surface area contributed by atoms with Crippen molar-refractivity contribution in [3.8, 4) is 44.8 Å². The van der Waals surface area contributed by atoms with Crippen molar-refractivity contribution >= 4 is 101 Å². The van der Waals surface area contributed by atoms with Crippen molar-refractivity contribution in [3.63, 3.8) is 0 Å². The number of para-hydroxylation sites is 5. The number of anilines is 6. The van der Waals surface area contributed by atoms with Crippen molar-refractivity contribution in [2.75, 3.05) is 9.80 Å². The van der Waals surface area contributed by atoms with Crippen LogP contribution in [0.25, 0.3) is 88.4 Å². The molecule has 0 aliphatic carbocycles. The van der Waals surface area contributed by atoms with E-state index < -0.39 is 184 Å². The van der Waals surface area contributed by atoms with Gasteiger partial charge >= 0.3 is 0 Å². The highest BCUT2D eigenvalue weighted by Gasteiger charge is 2.46. The molecule has 0 amide bonds. The first-order chi connectivity index (χ1) is 50.6. The molecule has 0 bridgehead atoms. The monoisotopic (exact) mass is 1110 g/mol. The molecule has 14 aromatic rings. The molecule has 85 heavy (non-hydrogen) atoms. The van der Waals surface area contributed by atoms with E-state index >= 15 is 0 Å². The van der Waals surface area contributed by atoms with Crippen molar-refractivity contribution < 1.29 is 30.2 Å². The molecule has 2 aromatic heterocycles. The first-order valence-corrected chi connectivity index (χ1v) is 28.2. The van der Waals surface area contributed by atoms with Crippen LogP contribution in [-0.4, -0.2) is 15.8 Å². The third-order valence-electron chi connectivity index (χ3n) is 16.5. The lowest BCUT2D eigenvalue weighted by Crippen LogP contribution is -2.61. The zero-order valence-electron chi connectivity index (χ0n) is 69.1. The van der Waals surface area contributed by atoms with Gasteiger partial charge in [-0.3, -0.25) is 0 Å². The van der Waals surface area contributed by atoms with Gasteiger partial charge in [0.25, 0.3) is 6.71 Å². The van der Waals surface area contributed by atoms with E-state index in [-0.39, 0.29) is 43.8 Å². The predicted octanol–water partition coefficient (Wildman–Crippen LogP) is 19.6. The molecule has 0 N–H and O–H groups in total. The van der Waals surface area contributed by atoms with Crippen LogP contribution in [0.3, 0.4) is 0 Å². The van der Waals surface area contributed by atoms with Crippen LogP contribution >= 0.6 is 0 Å². The molecule has 12 aromatic carbocycles. The molecule has 0 atom stereocenters. The van der Waals surface area contributed by atoms with Crippen molar-refractivity contribution in [2.24, 2.45) is 0 Å². The van der Waals surface area contributed by atoms with E-state index in [1.54, 1.807) is 11.0 Å². The zero-order valence-corrected chi connectivity index (χ0v) is 47.1. The van der Waals surface area contributed by atoms with Crippen LogP contribution in [0.1, 0.15) is 82.8 Å². The summed E-state index contributed by atoms with van der Waals surface area (Å²) in [5.74, 6) is 0. The Labute approximate surface area is 529 Å². The van der Waals surface area contributed by atoms with Crippen LogP contribution in [0.4, 0.5) is 34.1 Å². The number of nitrogens with zero attached hydrogens (tertiary/aromatic N) is 4. The fourth-order valence-corrected chi connectivity index (χ4v) is 12.5. The lowest BCUT2D eigenvalue weighted by atomic mass is 9.33. The summed E-state index contributed by atoms with van der Waals surface area (Å²) in [6.07, 6.45) is 0. The minimum absolute atomic E-state index is 0.135. The van der Waals surface area contributed by atoms with E-state index in [1.165, 1.54) is 0 Å². The molecule has 0 radical (unpaired) electrons. The van der Waals surface area contributed by atoms with Gasteiger partial charge in [-0.1, -0.05) is 235 Å². The molecular weight excluding hydrogens is 1030 g/mol. The summed E-state index contributed by atoms with van der Waals surface area (Å²) in [7, 11) is 0. The maximum absolute atomic E-state index is 11.5. The van der Waals surface area contributed by atoms with Gasteiger partial charge in [0, 0.05) is 72.4 Å². The summed E-state index contributed by atoms with van der Waals surface area (Å²) in [5.41, 5.74) is 2.60. The Morgan fingerprint density at radius 3 is 1.14 bits per heavy atom. The second-order valence-electron chi connectivity index (χ2n) is 23.6. The number of aromatic nitrogens is 2. The van der Waals surface area contributed by atoms with Crippen molar-refractivity contribution in [1.82, 2.24) is 9.13 Å². The molecule has 0 unspecified atom stereocenters. The lowest BCUT2D eigenvalue weighted by molar-refractivity contribution is 0.590. The van der Waals surface area contributed by atoms with Gasteiger partial charge in [0.2, 0.25) is 0 Å². The van der Waals surface area contributed by atoms with Gasteiger partial charge < -0.3 is 18.9 Å². The molecule has 0 spiro atoms. The van der Waals surface area contributed by atoms with Crippen LogP contribution < -0.4 is 26.2 Å². The quantitative estimate of drug-likeness (QED) is 0.148. The Kier molecular flexibility index (Phi) is 7.39. The molecule has 406 valence electrons. The van der Waals surface area contributed by atoms with E-state index in [0.717, 1.165) is 14.7 Å². The highest BCUT2D eigenvalue weighted by molar-refractivity contribution is 7.00. The summed E-state index contributed by atoms with van der Waals surface area (Å²) in [5, 5.41) is -1.36. The van der Waals surface area contributed by atoms with Gasteiger partial charge in [0.1, 0.15) is 0 Å². The Morgan fingerprint density at radius 1 is 0.341 bits per heavy atom. The van der Waals surface area contributed by atoms with E-state index in [9.17, 15) is 21.9 Å². The maximum Gasteiger partial charge on any atom is 0.252 e. The number of benzene rings is 12. The summed E-state index contributed by atoms with van der Waals surface area (Å²) in [6, 6.07) is 28.4. The van der Waals surface area contributed by atoms with E-state index in [0.29, 0.717) is 67.2 Å². The molecule has 2 aliphatic heterocycles. The number of hydrogen-bond acceptors (Lipinski definition) is 2. The predicted molar refractivity (Wildman–Crippen MR) is 363 cm³/mol. The Balaban J connectivity index is 1.18. The van der Waals surface area contributed by atoms with Gasteiger partial charge in [-0.2, -0.15) is 0 Å². The van der Waals surface area contributed by atoms with E-state index in [2.05, 4.69) is 32.9 Å². The molecule has 0 fully saturated rings. The SMILES string of the molecule is [2H]c1c([2H])c(-n2c3c([2H])c([2H])c([2H])c([2H])c3c3c([2H])c([2H])c([2H])c([2H])c32)c([2H])c2c1B1c3c(cc(C(C)(C)C)cc3N(c3c(-c4ccccc4)cc(C(C)(C)C)cc3-c3ccccc3)c3c([2H])c(-n4c5c([2H])c([2H])c([2H])c([2H])c5c5c([2H])c([2H])c([2H])c([2H])c54)c([2H])c([2H])c31)N2c1ccccc1-c1ccccc1. The number of hydrogen-bond donors (Lipinski definition) is 0. The van der Waals surface area contributed by atoms with Crippen molar-refractivity contribution in [1.29, 1.82) is 0 Å². The summed E-state index contributed by atoms with van der Waals surface area (Å²) in [4.78, 5) is 3.66. The minimum Gasteiger partial charge on any atom is -0.311 e. The van der Waals surface area contributed by atoms with Crippen LogP contribution in [0.2, 0.25) is 0 Å². The Bertz CT molecular complexity index is 6110. The summed E-state index contributed by atoms with van der Waals surface area (Å²) < 4.78 is 218. The molecule has 0 saturated heterocycles. The molecule has 4 nitrogen and oxygen atoms in total. The molecule has 4 heterocycles. The molecule has 16 rings (SSSR count).